The summed E-state index contributed by atoms with van der Waals surface area (Å²) in [4.78, 5) is 25.8. The number of fused-ring (bicyclic) bond motifs is 1. The molecule has 4 rings (SSSR count). The third kappa shape index (κ3) is 5.61. The second-order valence-electron chi connectivity index (χ2n) is 7.29. The molecular formula is C22H24ClN5O3. The molecule has 0 aliphatic carbocycles. The second-order valence-corrected chi connectivity index (χ2v) is 7.72. The topological polar surface area (TPSA) is 90.8 Å². The predicted octanol–water partition coefficient (Wildman–Crippen LogP) is 2.42. The lowest BCUT2D eigenvalue weighted by molar-refractivity contribution is -0.118. The van der Waals surface area contributed by atoms with E-state index in [0.717, 1.165) is 37.1 Å². The van der Waals surface area contributed by atoms with Gasteiger partial charge in [-0.2, -0.15) is 0 Å². The molecule has 0 saturated carbocycles. The van der Waals surface area contributed by atoms with E-state index < -0.39 is 0 Å². The zero-order chi connectivity index (χ0) is 21.6. The Morgan fingerprint density at radius 1 is 1.13 bits per heavy atom. The highest BCUT2D eigenvalue weighted by molar-refractivity contribution is 6.30. The van der Waals surface area contributed by atoms with Gasteiger partial charge in [0.2, 0.25) is 5.95 Å². The van der Waals surface area contributed by atoms with Crippen LogP contribution >= 0.6 is 11.6 Å². The maximum Gasteiger partial charge on any atom is 0.262 e. The van der Waals surface area contributed by atoms with E-state index in [2.05, 4.69) is 25.1 Å². The van der Waals surface area contributed by atoms with Gasteiger partial charge in [0.15, 0.2) is 6.61 Å². The van der Waals surface area contributed by atoms with E-state index in [4.69, 9.17) is 21.4 Å². The van der Waals surface area contributed by atoms with Gasteiger partial charge in [-0.05, 0) is 42.5 Å². The quantitative estimate of drug-likeness (QED) is 0.581. The molecule has 8 nitrogen and oxygen atoms in total. The lowest BCUT2D eigenvalue weighted by Crippen LogP contribution is -2.47. The van der Waals surface area contributed by atoms with Crippen LogP contribution in [0.3, 0.4) is 0 Å². The first-order chi connectivity index (χ1) is 15.1. The Hall–Kier alpha value is -2.94. The van der Waals surface area contributed by atoms with Crippen LogP contribution in [0.4, 0.5) is 11.6 Å². The van der Waals surface area contributed by atoms with E-state index in [1.54, 1.807) is 30.5 Å². The van der Waals surface area contributed by atoms with Crippen LogP contribution in [-0.4, -0.2) is 71.8 Å². The molecule has 0 spiro atoms. The number of aromatic nitrogens is 2. The summed E-state index contributed by atoms with van der Waals surface area (Å²) in [6.07, 6.45) is 1.78. The van der Waals surface area contributed by atoms with Crippen molar-refractivity contribution in [2.45, 2.75) is 0 Å². The molecule has 1 saturated heterocycles. The molecule has 1 aliphatic heterocycles. The maximum atomic E-state index is 12.2. The average Bonchev–Trinajstić information content (AvgIpc) is 2.79. The van der Waals surface area contributed by atoms with Crippen LogP contribution < -0.4 is 15.0 Å². The number of halogens is 1. The lowest BCUT2D eigenvalue weighted by Gasteiger charge is -2.34. The Balaban J connectivity index is 1.35. The summed E-state index contributed by atoms with van der Waals surface area (Å²) in [5.74, 6) is 1.02. The summed E-state index contributed by atoms with van der Waals surface area (Å²) >= 11 is 5.84. The Bertz CT molecular complexity index is 1040. The predicted molar refractivity (Wildman–Crippen MR) is 121 cm³/mol. The molecule has 1 fully saturated rings. The first-order valence-electron chi connectivity index (χ1n) is 10.1. The minimum atomic E-state index is -0.257. The number of nitrogens with zero attached hydrogens (tertiary/aromatic N) is 4. The number of piperazine rings is 1. The highest BCUT2D eigenvalue weighted by Gasteiger charge is 2.18. The van der Waals surface area contributed by atoms with E-state index in [1.807, 2.05) is 18.2 Å². The standard InChI is InChI=1S/C22H24ClN5O3/c23-17-1-4-19(5-2-17)31-15-21(30)25-18-3-6-20-16(13-18)14-24-22(26-20)28-9-7-27(8-10-28)11-12-29/h1-6,13-14,29H,7-12,15H2,(H,25,30). The Kier molecular flexibility index (Phi) is 6.81. The van der Waals surface area contributed by atoms with Gasteiger partial charge < -0.3 is 20.1 Å². The van der Waals surface area contributed by atoms with Crippen molar-refractivity contribution in [3.8, 4) is 5.75 Å². The van der Waals surface area contributed by atoms with Crippen molar-refractivity contribution in [1.82, 2.24) is 14.9 Å². The number of carbonyl (C=O) groups excluding carboxylic acids is 1. The molecule has 1 amide bonds. The van der Waals surface area contributed by atoms with Crippen molar-refractivity contribution < 1.29 is 14.6 Å². The fraction of sp³-hybridized carbons (Fsp3) is 0.318. The van der Waals surface area contributed by atoms with Crippen LogP contribution in [-0.2, 0) is 4.79 Å². The van der Waals surface area contributed by atoms with Crippen molar-refractivity contribution in [3.05, 3.63) is 53.7 Å². The molecule has 0 bridgehead atoms. The molecule has 2 N–H and O–H groups in total. The number of benzene rings is 2. The van der Waals surface area contributed by atoms with Crippen LogP contribution in [0.1, 0.15) is 0 Å². The zero-order valence-corrected chi connectivity index (χ0v) is 17.8. The van der Waals surface area contributed by atoms with Gasteiger partial charge in [0, 0.05) is 55.0 Å². The fourth-order valence-corrected chi connectivity index (χ4v) is 3.57. The average molecular weight is 442 g/mol. The highest BCUT2D eigenvalue weighted by atomic mass is 35.5. The van der Waals surface area contributed by atoms with Gasteiger partial charge >= 0.3 is 0 Å². The first-order valence-corrected chi connectivity index (χ1v) is 10.5. The minimum Gasteiger partial charge on any atom is -0.484 e. The molecule has 0 atom stereocenters. The van der Waals surface area contributed by atoms with Crippen LogP contribution in [0.2, 0.25) is 5.02 Å². The summed E-state index contributed by atoms with van der Waals surface area (Å²) in [6, 6.07) is 12.4. The van der Waals surface area contributed by atoms with Crippen molar-refractivity contribution in [2.24, 2.45) is 0 Å². The van der Waals surface area contributed by atoms with E-state index >= 15 is 0 Å². The van der Waals surface area contributed by atoms with E-state index in [1.165, 1.54) is 0 Å². The summed E-state index contributed by atoms with van der Waals surface area (Å²) in [5.41, 5.74) is 1.48. The maximum absolute atomic E-state index is 12.2. The number of amides is 1. The number of aliphatic hydroxyl groups excluding tert-OH is 1. The number of carbonyl (C=O) groups is 1. The monoisotopic (exact) mass is 441 g/mol. The number of hydrogen-bond donors (Lipinski definition) is 2. The van der Waals surface area contributed by atoms with Crippen LogP contribution in [0.25, 0.3) is 10.9 Å². The van der Waals surface area contributed by atoms with Crippen molar-refractivity contribution >= 4 is 40.0 Å². The number of nitrogens with one attached hydrogen (secondary N) is 1. The molecule has 31 heavy (non-hydrogen) atoms. The van der Waals surface area contributed by atoms with Crippen LogP contribution in [0, 0.1) is 0 Å². The SMILES string of the molecule is O=C(COc1ccc(Cl)cc1)Nc1ccc2nc(N3CCN(CCO)CC3)ncc2c1. The van der Waals surface area contributed by atoms with Gasteiger partial charge in [-0.3, -0.25) is 9.69 Å². The van der Waals surface area contributed by atoms with E-state index in [9.17, 15) is 4.79 Å². The van der Waals surface area contributed by atoms with Gasteiger partial charge in [-0.15, -0.1) is 0 Å². The smallest absolute Gasteiger partial charge is 0.262 e. The van der Waals surface area contributed by atoms with Crippen molar-refractivity contribution in [3.63, 3.8) is 0 Å². The zero-order valence-electron chi connectivity index (χ0n) is 17.0. The molecule has 2 aromatic carbocycles. The number of anilines is 2. The Morgan fingerprint density at radius 3 is 2.65 bits per heavy atom. The van der Waals surface area contributed by atoms with Gasteiger partial charge in [-0.1, -0.05) is 11.6 Å². The molecule has 3 aromatic rings. The molecular weight excluding hydrogens is 418 g/mol. The molecule has 1 aromatic heterocycles. The summed E-state index contributed by atoms with van der Waals surface area (Å²) in [5, 5.41) is 13.4. The van der Waals surface area contributed by atoms with Crippen molar-refractivity contribution in [2.75, 3.05) is 56.2 Å². The molecule has 0 radical (unpaired) electrons. The minimum absolute atomic E-state index is 0.0998. The number of β-amino-alcohol motifs (C(OH)–C–C–N with tert-alkyl or cyclic N) is 1. The Labute approximate surface area is 185 Å². The lowest BCUT2D eigenvalue weighted by atomic mass is 10.2. The number of hydrogen-bond acceptors (Lipinski definition) is 7. The van der Waals surface area contributed by atoms with E-state index in [0.29, 0.717) is 29.0 Å². The van der Waals surface area contributed by atoms with Gasteiger partial charge in [-0.25, -0.2) is 9.97 Å². The molecule has 1 aliphatic rings. The third-order valence-corrected chi connectivity index (χ3v) is 5.36. The molecule has 9 heteroatoms. The second kappa shape index (κ2) is 9.91. The fourth-order valence-electron chi connectivity index (χ4n) is 3.44. The number of ether oxygens (including phenoxy) is 1. The first kappa shape index (κ1) is 21.3. The normalized spacial score (nSPS) is 14.6. The molecule has 2 heterocycles. The molecule has 162 valence electrons. The van der Waals surface area contributed by atoms with Gasteiger partial charge in [0.1, 0.15) is 5.75 Å². The number of rotatable bonds is 7. The van der Waals surface area contributed by atoms with E-state index in [-0.39, 0.29) is 19.1 Å². The van der Waals surface area contributed by atoms with Gasteiger partial charge in [0.05, 0.1) is 12.1 Å². The van der Waals surface area contributed by atoms with Crippen molar-refractivity contribution in [1.29, 1.82) is 0 Å². The summed E-state index contributed by atoms with van der Waals surface area (Å²) in [6.45, 7) is 4.19. The highest BCUT2D eigenvalue weighted by Crippen LogP contribution is 2.21. The summed E-state index contributed by atoms with van der Waals surface area (Å²) < 4.78 is 5.47. The Morgan fingerprint density at radius 2 is 1.90 bits per heavy atom. The van der Waals surface area contributed by atoms with Crippen LogP contribution in [0.5, 0.6) is 5.75 Å². The largest absolute Gasteiger partial charge is 0.484 e. The summed E-state index contributed by atoms with van der Waals surface area (Å²) in [7, 11) is 0. The van der Waals surface area contributed by atoms with Crippen LogP contribution in [0.15, 0.2) is 48.7 Å². The van der Waals surface area contributed by atoms with Gasteiger partial charge in [0.25, 0.3) is 5.91 Å². The third-order valence-electron chi connectivity index (χ3n) is 5.11. The number of aliphatic hydroxyl groups is 1. The molecule has 0 unspecified atom stereocenters.